The van der Waals surface area contributed by atoms with Gasteiger partial charge in [-0.2, -0.15) is 5.26 Å². The predicted molar refractivity (Wildman–Crippen MR) is 85.0 cm³/mol. The third kappa shape index (κ3) is 1.86. The van der Waals surface area contributed by atoms with Crippen LogP contribution in [0.1, 0.15) is 16.7 Å². The summed E-state index contributed by atoms with van der Waals surface area (Å²) < 4.78 is 0. The molecule has 4 rings (SSSR count). The molecule has 1 aliphatic heterocycles. The zero-order valence-electron chi connectivity index (χ0n) is 11.6. The maximum absolute atomic E-state index is 9.27. The third-order valence-corrected chi connectivity index (χ3v) is 4.20. The summed E-state index contributed by atoms with van der Waals surface area (Å²) in [5, 5.41) is 11.5. The first kappa shape index (κ1) is 12.0. The highest BCUT2D eigenvalue weighted by Gasteiger charge is 2.20. The summed E-state index contributed by atoms with van der Waals surface area (Å²) in [5.74, 6) is 0. The van der Waals surface area contributed by atoms with Crippen molar-refractivity contribution in [1.29, 1.82) is 5.26 Å². The van der Waals surface area contributed by atoms with Gasteiger partial charge in [0.1, 0.15) is 0 Å². The molecule has 0 unspecified atom stereocenters. The fourth-order valence-corrected chi connectivity index (χ4v) is 3.16. The average molecular weight is 270 g/mol. The van der Waals surface area contributed by atoms with Gasteiger partial charge in [-0.3, -0.25) is 0 Å². The van der Waals surface area contributed by atoms with Gasteiger partial charge >= 0.3 is 0 Å². The highest BCUT2D eigenvalue weighted by molar-refractivity contribution is 5.98. The van der Waals surface area contributed by atoms with Crippen LogP contribution in [0.4, 0.5) is 5.69 Å². The minimum absolute atomic E-state index is 0.742. The van der Waals surface area contributed by atoms with Crippen molar-refractivity contribution < 1.29 is 0 Å². The normalized spacial score (nSPS) is 13.2. The first-order chi connectivity index (χ1) is 10.4. The smallest absolute Gasteiger partial charge is 0.0998 e. The van der Waals surface area contributed by atoms with E-state index in [-0.39, 0.29) is 0 Å². The van der Waals surface area contributed by atoms with E-state index in [0.29, 0.717) is 0 Å². The Balaban J connectivity index is 1.85. The van der Waals surface area contributed by atoms with Crippen molar-refractivity contribution in [3.63, 3.8) is 0 Å². The lowest BCUT2D eigenvalue weighted by atomic mass is 10.0. The Labute approximate surface area is 123 Å². The van der Waals surface area contributed by atoms with Crippen molar-refractivity contribution in [2.24, 2.45) is 0 Å². The van der Waals surface area contributed by atoms with E-state index in [2.05, 4.69) is 47.4 Å². The molecule has 2 nitrogen and oxygen atoms in total. The van der Waals surface area contributed by atoms with Crippen molar-refractivity contribution in [2.75, 3.05) is 4.90 Å². The fraction of sp³-hybridized carbons (Fsp3) is 0.105. The van der Waals surface area contributed by atoms with Crippen LogP contribution < -0.4 is 4.90 Å². The van der Waals surface area contributed by atoms with Crippen molar-refractivity contribution in [2.45, 2.75) is 13.1 Å². The number of nitriles is 1. The lowest BCUT2D eigenvalue weighted by molar-refractivity contribution is 0.885. The van der Waals surface area contributed by atoms with E-state index < -0.39 is 0 Å². The predicted octanol–water partition coefficient (Wildman–Crippen LogP) is 4.23. The molecule has 1 aliphatic rings. The highest BCUT2D eigenvalue weighted by Crippen LogP contribution is 2.34. The Hall–Kier alpha value is -2.79. The van der Waals surface area contributed by atoms with E-state index in [1.54, 1.807) is 0 Å². The maximum atomic E-state index is 9.27. The van der Waals surface area contributed by atoms with E-state index >= 15 is 0 Å². The van der Waals surface area contributed by atoms with Gasteiger partial charge in [0.25, 0.3) is 0 Å². The molecule has 100 valence electrons. The Morgan fingerprint density at radius 2 is 1.38 bits per heavy atom. The summed E-state index contributed by atoms with van der Waals surface area (Å²) in [6.45, 7) is 1.87. The van der Waals surface area contributed by atoms with Crippen LogP contribution in [0.15, 0.2) is 60.7 Å². The fourth-order valence-electron chi connectivity index (χ4n) is 3.16. The molecule has 0 N–H and O–H groups in total. The van der Waals surface area contributed by atoms with Crippen LogP contribution in [0, 0.1) is 11.3 Å². The summed E-state index contributed by atoms with van der Waals surface area (Å²) in [6, 6.07) is 23.0. The van der Waals surface area contributed by atoms with Gasteiger partial charge in [-0.1, -0.05) is 48.5 Å². The van der Waals surface area contributed by atoms with Crippen LogP contribution in [0.2, 0.25) is 0 Å². The summed E-state index contributed by atoms with van der Waals surface area (Å²) in [5.41, 5.74) is 4.74. The number of nitrogens with zero attached hydrogens (tertiary/aromatic N) is 2. The quantitative estimate of drug-likeness (QED) is 0.661. The second kappa shape index (κ2) is 4.64. The van der Waals surface area contributed by atoms with Gasteiger partial charge in [-0.25, -0.2) is 0 Å². The topological polar surface area (TPSA) is 27.0 Å². The molecule has 0 atom stereocenters. The third-order valence-electron chi connectivity index (χ3n) is 4.20. The van der Waals surface area contributed by atoms with Gasteiger partial charge in [0.05, 0.1) is 11.6 Å². The second-order valence-corrected chi connectivity index (χ2v) is 5.41. The largest absolute Gasteiger partial charge is 0.362 e. The summed E-state index contributed by atoms with van der Waals surface area (Å²) in [4.78, 5) is 2.38. The lowest BCUT2D eigenvalue weighted by Crippen LogP contribution is -2.14. The zero-order valence-corrected chi connectivity index (χ0v) is 11.6. The molecule has 3 aromatic carbocycles. The zero-order chi connectivity index (χ0) is 14.2. The van der Waals surface area contributed by atoms with Crippen molar-refractivity contribution >= 4 is 16.5 Å². The molecular weight excluding hydrogens is 256 g/mol. The standard InChI is InChI=1S/C19H14N2/c20-11-14-9-10-19(18-8-4-3-7-17(14)18)21-12-15-5-1-2-6-16(15)13-21/h1-10H,12-13H2. The maximum Gasteiger partial charge on any atom is 0.0998 e. The SMILES string of the molecule is N#Cc1ccc(N2Cc3ccccc3C2)c2ccccc12. The van der Waals surface area contributed by atoms with E-state index in [4.69, 9.17) is 0 Å². The molecule has 2 heteroatoms. The monoisotopic (exact) mass is 270 g/mol. The van der Waals surface area contributed by atoms with Gasteiger partial charge in [-0.15, -0.1) is 0 Å². The Bertz CT molecular complexity index is 849. The van der Waals surface area contributed by atoms with Crippen LogP contribution in [0.5, 0.6) is 0 Å². The molecule has 0 amide bonds. The Kier molecular flexibility index (Phi) is 2.65. The molecular formula is C19H14N2. The lowest BCUT2D eigenvalue weighted by Gasteiger charge is -2.20. The number of hydrogen-bond donors (Lipinski definition) is 0. The van der Waals surface area contributed by atoms with Gasteiger partial charge in [0.2, 0.25) is 0 Å². The van der Waals surface area contributed by atoms with E-state index in [1.165, 1.54) is 16.8 Å². The van der Waals surface area contributed by atoms with Crippen molar-refractivity contribution in [3.8, 4) is 6.07 Å². The Morgan fingerprint density at radius 1 is 0.762 bits per heavy atom. The van der Waals surface area contributed by atoms with Gasteiger partial charge in [0, 0.05) is 29.5 Å². The van der Waals surface area contributed by atoms with Crippen LogP contribution in [-0.4, -0.2) is 0 Å². The molecule has 0 fully saturated rings. The summed E-state index contributed by atoms with van der Waals surface area (Å²) in [7, 11) is 0. The van der Waals surface area contributed by atoms with Crippen LogP contribution in [-0.2, 0) is 13.1 Å². The molecule has 0 bridgehead atoms. The molecule has 3 aromatic rings. The van der Waals surface area contributed by atoms with Gasteiger partial charge in [0.15, 0.2) is 0 Å². The van der Waals surface area contributed by atoms with E-state index in [0.717, 1.165) is 29.4 Å². The van der Waals surface area contributed by atoms with Crippen molar-refractivity contribution in [3.05, 3.63) is 77.4 Å². The second-order valence-electron chi connectivity index (χ2n) is 5.41. The molecule has 0 spiro atoms. The molecule has 0 aliphatic carbocycles. The van der Waals surface area contributed by atoms with E-state index in [1.807, 2.05) is 24.3 Å². The molecule has 0 saturated carbocycles. The minimum Gasteiger partial charge on any atom is -0.362 e. The van der Waals surface area contributed by atoms with Crippen LogP contribution in [0.3, 0.4) is 0 Å². The molecule has 0 saturated heterocycles. The molecule has 0 aromatic heterocycles. The Morgan fingerprint density at radius 3 is 2.05 bits per heavy atom. The average Bonchev–Trinajstić information content (AvgIpc) is 2.97. The number of hydrogen-bond acceptors (Lipinski definition) is 2. The minimum atomic E-state index is 0.742. The van der Waals surface area contributed by atoms with Crippen molar-refractivity contribution in [1.82, 2.24) is 0 Å². The molecule has 1 heterocycles. The first-order valence-corrected chi connectivity index (χ1v) is 7.10. The number of benzene rings is 3. The van der Waals surface area contributed by atoms with E-state index in [9.17, 15) is 5.26 Å². The first-order valence-electron chi connectivity index (χ1n) is 7.10. The van der Waals surface area contributed by atoms with Gasteiger partial charge in [-0.05, 0) is 23.3 Å². The summed E-state index contributed by atoms with van der Waals surface area (Å²) >= 11 is 0. The number of rotatable bonds is 1. The molecule has 21 heavy (non-hydrogen) atoms. The molecule has 0 radical (unpaired) electrons. The van der Waals surface area contributed by atoms with Crippen LogP contribution in [0.25, 0.3) is 10.8 Å². The number of fused-ring (bicyclic) bond motifs is 2. The number of anilines is 1. The van der Waals surface area contributed by atoms with Crippen LogP contribution >= 0.6 is 0 Å². The summed E-state index contributed by atoms with van der Waals surface area (Å²) in [6.07, 6.45) is 0. The van der Waals surface area contributed by atoms with Gasteiger partial charge < -0.3 is 4.90 Å². The highest BCUT2D eigenvalue weighted by atomic mass is 15.1.